The van der Waals surface area contributed by atoms with Gasteiger partial charge in [-0.1, -0.05) is 13.0 Å². The zero-order valence-corrected chi connectivity index (χ0v) is 11.4. The molecule has 19 heavy (non-hydrogen) atoms. The number of halogens is 3. The molecule has 1 unspecified atom stereocenters. The first-order valence-corrected chi connectivity index (χ1v) is 6.65. The first kappa shape index (κ1) is 16.0. The first-order valence-electron chi connectivity index (χ1n) is 6.65. The average molecular weight is 274 g/mol. The minimum Gasteiger partial charge on any atom is -0.310 e. The van der Waals surface area contributed by atoms with Gasteiger partial charge in [0.1, 0.15) is 0 Å². The highest BCUT2D eigenvalue weighted by atomic mass is 19.4. The third-order valence-corrected chi connectivity index (χ3v) is 2.93. The number of alkyl halides is 3. The van der Waals surface area contributed by atoms with Gasteiger partial charge in [-0.2, -0.15) is 13.2 Å². The van der Waals surface area contributed by atoms with E-state index in [9.17, 15) is 13.2 Å². The van der Waals surface area contributed by atoms with E-state index in [1.165, 1.54) is 0 Å². The SMILES string of the molecule is CCCNC(CCCC(F)(F)F)c1ccc(C)nc1. The molecule has 0 bridgehead atoms. The molecule has 2 nitrogen and oxygen atoms in total. The van der Waals surface area contributed by atoms with Gasteiger partial charge in [-0.25, -0.2) is 0 Å². The van der Waals surface area contributed by atoms with Gasteiger partial charge in [0, 0.05) is 24.4 Å². The van der Waals surface area contributed by atoms with Crippen LogP contribution in [0.1, 0.15) is 49.9 Å². The maximum Gasteiger partial charge on any atom is 0.389 e. The number of hydrogen-bond donors (Lipinski definition) is 1. The van der Waals surface area contributed by atoms with Crippen molar-refractivity contribution in [2.75, 3.05) is 6.54 Å². The van der Waals surface area contributed by atoms with Crippen molar-refractivity contribution in [2.45, 2.75) is 51.7 Å². The fourth-order valence-electron chi connectivity index (χ4n) is 1.90. The van der Waals surface area contributed by atoms with Gasteiger partial charge in [0.2, 0.25) is 0 Å². The second kappa shape index (κ2) is 7.48. The zero-order chi connectivity index (χ0) is 14.3. The van der Waals surface area contributed by atoms with Crippen molar-refractivity contribution < 1.29 is 13.2 Å². The van der Waals surface area contributed by atoms with Gasteiger partial charge in [0.05, 0.1) is 0 Å². The molecule has 0 amide bonds. The maximum absolute atomic E-state index is 12.2. The van der Waals surface area contributed by atoms with Crippen LogP contribution < -0.4 is 5.32 Å². The third kappa shape index (κ3) is 6.57. The van der Waals surface area contributed by atoms with Crippen molar-refractivity contribution in [3.8, 4) is 0 Å². The molecule has 1 N–H and O–H groups in total. The topological polar surface area (TPSA) is 24.9 Å². The summed E-state index contributed by atoms with van der Waals surface area (Å²) in [6.07, 6.45) is -1.48. The largest absolute Gasteiger partial charge is 0.389 e. The Morgan fingerprint density at radius 1 is 1.32 bits per heavy atom. The smallest absolute Gasteiger partial charge is 0.310 e. The molecule has 1 heterocycles. The number of rotatable bonds is 7. The monoisotopic (exact) mass is 274 g/mol. The summed E-state index contributed by atoms with van der Waals surface area (Å²) < 4.78 is 36.5. The van der Waals surface area contributed by atoms with E-state index in [0.29, 0.717) is 6.42 Å². The van der Waals surface area contributed by atoms with Gasteiger partial charge in [0.25, 0.3) is 0 Å². The molecule has 0 aliphatic carbocycles. The van der Waals surface area contributed by atoms with Gasteiger partial charge in [-0.15, -0.1) is 0 Å². The highest BCUT2D eigenvalue weighted by Crippen LogP contribution is 2.26. The molecule has 0 aromatic carbocycles. The molecule has 0 spiro atoms. The van der Waals surface area contributed by atoms with Crippen molar-refractivity contribution in [3.05, 3.63) is 29.6 Å². The lowest BCUT2D eigenvalue weighted by Crippen LogP contribution is -2.23. The Morgan fingerprint density at radius 2 is 2.05 bits per heavy atom. The maximum atomic E-state index is 12.2. The van der Waals surface area contributed by atoms with Crippen molar-refractivity contribution in [1.82, 2.24) is 10.3 Å². The third-order valence-electron chi connectivity index (χ3n) is 2.93. The van der Waals surface area contributed by atoms with Gasteiger partial charge in [-0.3, -0.25) is 4.98 Å². The van der Waals surface area contributed by atoms with E-state index in [2.05, 4.69) is 10.3 Å². The number of aromatic nitrogens is 1. The summed E-state index contributed by atoms with van der Waals surface area (Å²) in [6.45, 7) is 4.72. The van der Waals surface area contributed by atoms with Crippen LogP contribution >= 0.6 is 0 Å². The molecule has 0 saturated carbocycles. The minimum atomic E-state index is -4.07. The number of aryl methyl sites for hydroxylation is 1. The van der Waals surface area contributed by atoms with Crippen LogP contribution in [-0.2, 0) is 0 Å². The first-order chi connectivity index (χ1) is 8.92. The number of pyridine rings is 1. The fraction of sp³-hybridized carbons (Fsp3) is 0.643. The fourth-order valence-corrected chi connectivity index (χ4v) is 1.90. The van der Waals surface area contributed by atoms with Crippen LogP contribution in [0.3, 0.4) is 0 Å². The van der Waals surface area contributed by atoms with E-state index < -0.39 is 12.6 Å². The number of hydrogen-bond acceptors (Lipinski definition) is 2. The van der Waals surface area contributed by atoms with E-state index in [1.54, 1.807) is 6.20 Å². The van der Waals surface area contributed by atoms with Crippen molar-refractivity contribution >= 4 is 0 Å². The van der Waals surface area contributed by atoms with Crippen LogP contribution in [0.15, 0.2) is 18.3 Å². The second-order valence-corrected chi connectivity index (χ2v) is 4.75. The Balaban J connectivity index is 2.58. The Labute approximate surface area is 112 Å². The molecule has 0 radical (unpaired) electrons. The summed E-state index contributed by atoms with van der Waals surface area (Å²) in [6, 6.07) is 3.78. The molecular formula is C14H21F3N2. The van der Waals surface area contributed by atoms with Crippen LogP contribution in [0.5, 0.6) is 0 Å². The van der Waals surface area contributed by atoms with Crippen LogP contribution in [0.4, 0.5) is 13.2 Å². The molecule has 5 heteroatoms. The molecule has 0 fully saturated rings. The van der Waals surface area contributed by atoms with Gasteiger partial charge in [-0.05, 0) is 44.4 Å². The van der Waals surface area contributed by atoms with E-state index in [-0.39, 0.29) is 12.5 Å². The molecule has 1 aromatic rings. The molecule has 1 rings (SSSR count). The Kier molecular flexibility index (Phi) is 6.28. The Hall–Kier alpha value is -1.10. The summed E-state index contributed by atoms with van der Waals surface area (Å²) in [5.41, 5.74) is 1.87. The van der Waals surface area contributed by atoms with E-state index in [4.69, 9.17) is 0 Å². The molecule has 1 aromatic heterocycles. The van der Waals surface area contributed by atoms with Crippen LogP contribution in [0.2, 0.25) is 0 Å². The highest BCUT2D eigenvalue weighted by Gasteiger charge is 2.26. The van der Waals surface area contributed by atoms with Crippen molar-refractivity contribution in [1.29, 1.82) is 0 Å². The second-order valence-electron chi connectivity index (χ2n) is 4.75. The molecular weight excluding hydrogens is 253 g/mol. The zero-order valence-electron chi connectivity index (χ0n) is 11.4. The van der Waals surface area contributed by atoms with Gasteiger partial charge in [0.15, 0.2) is 0 Å². The summed E-state index contributed by atoms with van der Waals surface area (Å²) >= 11 is 0. The average Bonchev–Trinajstić information content (AvgIpc) is 2.33. The van der Waals surface area contributed by atoms with Crippen LogP contribution in [-0.4, -0.2) is 17.7 Å². The summed E-state index contributed by atoms with van der Waals surface area (Å²) in [5, 5.41) is 3.28. The van der Waals surface area contributed by atoms with Crippen molar-refractivity contribution in [2.24, 2.45) is 0 Å². The normalized spacial score (nSPS) is 13.5. The highest BCUT2D eigenvalue weighted by molar-refractivity contribution is 5.17. The lowest BCUT2D eigenvalue weighted by molar-refractivity contribution is -0.135. The van der Waals surface area contributed by atoms with Crippen LogP contribution in [0, 0.1) is 6.92 Å². The predicted molar refractivity (Wildman–Crippen MR) is 69.9 cm³/mol. The summed E-state index contributed by atoms with van der Waals surface area (Å²) in [4.78, 5) is 4.20. The molecule has 0 saturated heterocycles. The van der Waals surface area contributed by atoms with E-state index in [1.807, 2.05) is 26.0 Å². The summed E-state index contributed by atoms with van der Waals surface area (Å²) in [5.74, 6) is 0. The minimum absolute atomic E-state index is 0.0459. The van der Waals surface area contributed by atoms with Gasteiger partial charge < -0.3 is 5.32 Å². The molecule has 108 valence electrons. The molecule has 1 atom stereocenters. The van der Waals surface area contributed by atoms with Crippen LogP contribution in [0.25, 0.3) is 0 Å². The Bertz CT molecular complexity index is 360. The van der Waals surface area contributed by atoms with E-state index >= 15 is 0 Å². The lowest BCUT2D eigenvalue weighted by Gasteiger charge is -2.19. The van der Waals surface area contributed by atoms with Gasteiger partial charge >= 0.3 is 6.18 Å². The number of nitrogens with one attached hydrogen (secondary N) is 1. The summed E-state index contributed by atoms with van der Waals surface area (Å²) in [7, 11) is 0. The predicted octanol–water partition coefficient (Wildman–Crippen LogP) is 4.16. The lowest BCUT2D eigenvalue weighted by atomic mass is 10.0. The van der Waals surface area contributed by atoms with E-state index in [0.717, 1.165) is 24.2 Å². The quantitative estimate of drug-likeness (QED) is 0.807. The van der Waals surface area contributed by atoms with Crippen molar-refractivity contribution in [3.63, 3.8) is 0 Å². The molecule has 0 aliphatic heterocycles. The number of nitrogens with zero attached hydrogens (tertiary/aromatic N) is 1. The standard InChI is InChI=1S/C14H21F3N2/c1-3-9-18-13(5-4-8-14(15,16)17)12-7-6-11(2)19-10-12/h6-7,10,13,18H,3-5,8-9H2,1-2H3. The Morgan fingerprint density at radius 3 is 2.58 bits per heavy atom. The molecule has 0 aliphatic rings.